The van der Waals surface area contributed by atoms with Gasteiger partial charge in [0.25, 0.3) is 0 Å². The topological polar surface area (TPSA) is 68.7 Å². The first-order chi connectivity index (χ1) is 6.66. The van der Waals surface area contributed by atoms with E-state index in [0.29, 0.717) is 10.1 Å². The smallest absolute Gasteiger partial charge is 0.502 e. The second-order valence-electron chi connectivity index (χ2n) is 2.67. The van der Waals surface area contributed by atoms with Gasteiger partial charge in [-0.25, -0.2) is 9.78 Å². The average molecular weight is 258 g/mol. The molecule has 1 aliphatic rings. The quantitative estimate of drug-likeness (QED) is 0.539. The minimum atomic E-state index is -1.50. The Labute approximate surface area is 88.3 Å². The van der Waals surface area contributed by atoms with Crippen LogP contribution < -0.4 is 5.46 Å². The van der Waals surface area contributed by atoms with Crippen molar-refractivity contribution >= 4 is 34.5 Å². The highest BCUT2D eigenvalue weighted by atomic mass is 79.9. The van der Waals surface area contributed by atoms with Gasteiger partial charge in [-0.05, 0) is 22.0 Å². The Morgan fingerprint density at radius 1 is 1.57 bits per heavy atom. The second kappa shape index (κ2) is 3.68. The number of aliphatic hydroxyl groups excluding tert-OH is 1. The Bertz CT molecular complexity index is 357. The zero-order valence-corrected chi connectivity index (χ0v) is 8.47. The summed E-state index contributed by atoms with van der Waals surface area (Å²) in [4.78, 5) is 14.7. The van der Waals surface area contributed by atoms with E-state index in [2.05, 4.69) is 20.9 Å². The molecule has 0 saturated carbocycles. The Balaban J connectivity index is 2.17. The van der Waals surface area contributed by atoms with Gasteiger partial charge in [0.1, 0.15) is 4.60 Å². The Kier molecular flexibility index (Phi) is 2.53. The molecular formula is C7H5BBrNO4. The SMILES string of the molecule is O=C1OB(c2ccc(Br)nc2)OC1O. The minimum absolute atomic E-state index is 0.582. The summed E-state index contributed by atoms with van der Waals surface area (Å²) in [6.45, 7) is 0. The molecule has 14 heavy (non-hydrogen) atoms. The zero-order chi connectivity index (χ0) is 10.1. The minimum Gasteiger partial charge on any atom is -0.502 e. The van der Waals surface area contributed by atoms with E-state index >= 15 is 0 Å². The summed E-state index contributed by atoms with van der Waals surface area (Å²) in [5.41, 5.74) is 0.582. The molecule has 0 aromatic carbocycles. The highest BCUT2D eigenvalue weighted by Crippen LogP contribution is 2.08. The largest absolute Gasteiger partial charge is 0.568 e. The molecule has 72 valence electrons. The van der Waals surface area contributed by atoms with Crippen molar-refractivity contribution in [2.75, 3.05) is 0 Å². The second-order valence-corrected chi connectivity index (χ2v) is 3.48. The van der Waals surface area contributed by atoms with Crippen LogP contribution in [0.5, 0.6) is 0 Å². The lowest BCUT2D eigenvalue weighted by Crippen LogP contribution is -2.32. The Morgan fingerprint density at radius 3 is 2.86 bits per heavy atom. The molecule has 1 N–H and O–H groups in total. The number of carbonyl (C=O) groups excluding carboxylic acids is 1. The summed E-state index contributed by atoms with van der Waals surface area (Å²) >= 11 is 3.17. The zero-order valence-electron chi connectivity index (χ0n) is 6.88. The molecule has 1 fully saturated rings. The number of aromatic nitrogens is 1. The Hall–Kier alpha value is -0.915. The van der Waals surface area contributed by atoms with Gasteiger partial charge < -0.3 is 14.4 Å². The van der Waals surface area contributed by atoms with Crippen LogP contribution in [0.4, 0.5) is 0 Å². The molecule has 2 rings (SSSR count). The predicted molar refractivity (Wildman–Crippen MR) is 50.5 cm³/mol. The molecular weight excluding hydrogens is 253 g/mol. The van der Waals surface area contributed by atoms with Crippen LogP contribution in [0.25, 0.3) is 0 Å². The fraction of sp³-hybridized carbons (Fsp3) is 0.143. The fourth-order valence-corrected chi connectivity index (χ4v) is 1.27. The van der Waals surface area contributed by atoms with Crippen molar-refractivity contribution in [1.82, 2.24) is 4.98 Å². The van der Waals surface area contributed by atoms with Gasteiger partial charge in [-0.1, -0.05) is 6.07 Å². The molecule has 1 unspecified atom stereocenters. The van der Waals surface area contributed by atoms with E-state index in [1.54, 1.807) is 12.1 Å². The molecule has 0 radical (unpaired) electrons. The van der Waals surface area contributed by atoms with Gasteiger partial charge in [0.05, 0.1) is 0 Å². The van der Waals surface area contributed by atoms with Gasteiger partial charge in [-0.2, -0.15) is 0 Å². The summed E-state index contributed by atoms with van der Waals surface area (Å²) in [5.74, 6) is -0.780. The van der Waals surface area contributed by atoms with Crippen molar-refractivity contribution in [3.8, 4) is 0 Å². The van der Waals surface area contributed by atoms with Crippen LogP contribution in [0, 0.1) is 0 Å². The fourth-order valence-electron chi connectivity index (χ4n) is 1.04. The highest BCUT2D eigenvalue weighted by molar-refractivity contribution is 9.10. The first-order valence-electron chi connectivity index (χ1n) is 3.82. The summed E-state index contributed by atoms with van der Waals surface area (Å²) in [6, 6.07) is 3.38. The number of hydrogen-bond donors (Lipinski definition) is 1. The molecule has 1 atom stereocenters. The molecule has 1 aliphatic heterocycles. The van der Waals surface area contributed by atoms with Gasteiger partial charge in [0.15, 0.2) is 0 Å². The van der Waals surface area contributed by atoms with Gasteiger partial charge >= 0.3 is 13.1 Å². The first-order valence-corrected chi connectivity index (χ1v) is 4.61. The van der Waals surface area contributed by atoms with Crippen LogP contribution in [0.15, 0.2) is 22.9 Å². The molecule has 0 spiro atoms. The number of rotatable bonds is 1. The standard InChI is InChI=1S/C7H5BBrNO4/c9-5-2-1-4(3-10-5)8-13-6(11)7(12)14-8/h1-3,6,11H. The van der Waals surface area contributed by atoms with Crippen molar-refractivity contribution in [3.05, 3.63) is 22.9 Å². The van der Waals surface area contributed by atoms with Crippen LogP contribution in [0.1, 0.15) is 0 Å². The van der Waals surface area contributed by atoms with Crippen LogP contribution >= 0.6 is 15.9 Å². The van der Waals surface area contributed by atoms with Crippen molar-refractivity contribution < 1.29 is 19.2 Å². The van der Waals surface area contributed by atoms with Crippen LogP contribution in [-0.4, -0.2) is 29.5 Å². The van der Waals surface area contributed by atoms with Crippen molar-refractivity contribution in [3.63, 3.8) is 0 Å². The normalized spacial score (nSPS) is 21.1. The van der Waals surface area contributed by atoms with E-state index in [1.165, 1.54) is 6.20 Å². The van der Waals surface area contributed by atoms with Crippen molar-refractivity contribution in [1.29, 1.82) is 0 Å². The summed E-state index contributed by atoms with van der Waals surface area (Å²) < 4.78 is 10.2. The highest BCUT2D eigenvalue weighted by Gasteiger charge is 2.40. The molecule has 5 nitrogen and oxygen atoms in total. The first kappa shape index (κ1) is 9.63. The molecule has 0 aliphatic carbocycles. The molecule has 0 bridgehead atoms. The molecule has 2 heterocycles. The predicted octanol–water partition coefficient (Wildman–Crippen LogP) is -0.569. The lowest BCUT2D eigenvalue weighted by molar-refractivity contribution is -0.148. The van der Waals surface area contributed by atoms with E-state index in [0.717, 1.165) is 0 Å². The monoisotopic (exact) mass is 257 g/mol. The average Bonchev–Trinajstić information content (AvgIpc) is 2.48. The molecule has 7 heteroatoms. The number of halogens is 1. The molecule has 1 aromatic rings. The van der Waals surface area contributed by atoms with Crippen LogP contribution in [-0.2, 0) is 14.1 Å². The molecule has 1 saturated heterocycles. The van der Waals surface area contributed by atoms with E-state index < -0.39 is 19.4 Å². The van der Waals surface area contributed by atoms with Gasteiger partial charge in [0.2, 0.25) is 6.29 Å². The van der Waals surface area contributed by atoms with Gasteiger partial charge in [-0.15, -0.1) is 0 Å². The third kappa shape index (κ3) is 1.79. The summed E-state index contributed by atoms with van der Waals surface area (Å²) in [5, 5.41) is 8.96. The maximum atomic E-state index is 10.8. The lowest BCUT2D eigenvalue weighted by Gasteiger charge is -2.01. The van der Waals surface area contributed by atoms with E-state index in [4.69, 9.17) is 14.4 Å². The van der Waals surface area contributed by atoms with Gasteiger partial charge in [0, 0.05) is 11.7 Å². The number of pyridine rings is 1. The molecule has 1 aromatic heterocycles. The maximum absolute atomic E-state index is 10.8. The van der Waals surface area contributed by atoms with Gasteiger partial charge in [-0.3, -0.25) is 0 Å². The third-order valence-electron chi connectivity index (χ3n) is 1.70. The van der Waals surface area contributed by atoms with Crippen LogP contribution in [0.3, 0.4) is 0 Å². The third-order valence-corrected chi connectivity index (χ3v) is 2.17. The number of nitrogens with zero attached hydrogens (tertiary/aromatic N) is 1. The van der Waals surface area contributed by atoms with E-state index in [9.17, 15) is 4.79 Å². The van der Waals surface area contributed by atoms with E-state index in [-0.39, 0.29) is 0 Å². The Morgan fingerprint density at radius 2 is 2.36 bits per heavy atom. The van der Waals surface area contributed by atoms with E-state index in [1.807, 2.05) is 0 Å². The van der Waals surface area contributed by atoms with Crippen LogP contribution in [0.2, 0.25) is 0 Å². The number of carbonyl (C=O) groups is 1. The number of hydrogen-bond acceptors (Lipinski definition) is 5. The maximum Gasteiger partial charge on any atom is 0.568 e. The van der Waals surface area contributed by atoms with Crippen molar-refractivity contribution in [2.24, 2.45) is 0 Å². The lowest BCUT2D eigenvalue weighted by atomic mass is 9.81. The summed E-state index contributed by atoms with van der Waals surface area (Å²) in [6.07, 6.45) is 0.00345. The number of aliphatic hydroxyl groups is 1. The summed E-state index contributed by atoms with van der Waals surface area (Å²) in [7, 11) is -0.863. The van der Waals surface area contributed by atoms with Crippen molar-refractivity contribution in [2.45, 2.75) is 6.29 Å². The molecule has 0 amide bonds.